The van der Waals surface area contributed by atoms with E-state index in [1.54, 1.807) is 45.6 Å². The van der Waals surface area contributed by atoms with E-state index in [0.29, 0.717) is 56.4 Å². The van der Waals surface area contributed by atoms with E-state index in [-0.39, 0.29) is 41.9 Å². The molecular formula is C34H46N2O9. The third-order valence-corrected chi connectivity index (χ3v) is 12.9. The quantitative estimate of drug-likeness (QED) is 0.259. The molecule has 2 N–H and O–H groups in total. The van der Waals surface area contributed by atoms with Gasteiger partial charge in [-0.05, 0) is 44.4 Å². The van der Waals surface area contributed by atoms with Gasteiger partial charge in [-0.1, -0.05) is 19.1 Å². The third kappa shape index (κ3) is 3.64. The molecule has 1 spiro atoms. The fraction of sp³-hybridized carbons (Fsp3) is 0.735. The standard InChI is InChI=1S/C34H46N2O9/c1-7-36-17-31(45-30(39)20-10-8-9-11-23(20)35)13-12-27(41-5)33-25(31)15-22(28(33)36)32(43-18(2)37)16-24(40-4)21-14-26(33)34(32,29(21)42-6)44-19(3)38/h8-11,21-22,24-29H,7,12-17,35H2,1-6H3/t21-,22-,24+,25-,26+,27+,28?,29+,31-,32+,33?,34+/m1/s1. The molecule has 45 heavy (non-hydrogen) atoms. The van der Waals surface area contributed by atoms with Crippen LogP contribution in [0.15, 0.2) is 24.3 Å². The maximum atomic E-state index is 14.0. The second-order valence-electron chi connectivity index (χ2n) is 14.2. The number of rotatable bonds is 8. The summed E-state index contributed by atoms with van der Waals surface area (Å²) < 4.78 is 38.9. The van der Waals surface area contributed by atoms with E-state index < -0.39 is 46.2 Å². The van der Waals surface area contributed by atoms with Gasteiger partial charge < -0.3 is 34.2 Å². The lowest BCUT2D eigenvalue weighted by Crippen LogP contribution is -2.84. The van der Waals surface area contributed by atoms with Gasteiger partial charge in [0.05, 0.1) is 17.8 Å². The molecule has 1 aromatic carbocycles. The predicted octanol–water partition coefficient (Wildman–Crippen LogP) is 2.99. The molecule has 7 rings (SSSR count). The largest absolute Gasteiger partial charge is 0.454 e. The fourth-order valence-electron chi connectivity index (χ4n) is 12.2. The van der Waals surface area contributed by atoms with Crippen molar-refractivity contribution in [1.29, 1.82) is 0 Å². The second kappa shape index (κ2) is 10.4. The van der Waals surface area contributed by atoms with E-state index in [4.69, 9.17) is 34.2 Å². The first-order valence-electron chi connectivity index (χ1n) is 16.3. The van der Waals surface area contributed by atoms with Crippen LogP contribution in [0.4, 0.5) is 5.69 Å². The molecule has 2 unspecified atom stereocenters. The minimum atomic E-state index is -1.28. The topological polar surface area (TPSA) is 136 Å². The van der Waals surface area contributed by atoms with Gasteiger partial charge in [0.2, 0.25) is 0 Å². The number of piperidine rings is 1. The van der Waals surface area contributed by atoms with Gasteiger partial charge in [0.1, 0.15) is 11.7 Å². The number of anilines is 1. The zero-order valence-corrected chi connectivity index (χ0v) is 27.1. The molecule has 12 atom stereocenters. The van der Waals surface area contributed by atoms with Crippen LogP contribution in [-0.2, 0) is 38.0 Å². The van der Waals surface area contributed by atoms with Gasteiger partial charge in [-0.25, -0.2) is 4.79 Å². The van der Waals surface area contributed by atoms with Gasteiger partial charge in [-0.3, -0.25) is 14.5 Å². The Bertz CT molecular complexity index is 1410. The van der Waals surface area contributed by atoms with Crippen molar-refractivity contribution in [3.8, 4) is 0 Å². The Labute approximate surface area is 264 Å². The number of nitrogens with zero attached hydrogens (tertiary/aromatic N) is 1. The maximum absolute atomic E-state index is 14.0. The molecule has 11 nitrogen and oxygen atoms in total. The first-order valence-corrected chi connectivity index (χ1v) is 16.3. The minimum Gasteiger partial charge on any atom is -0.454 e. The molecule has 6 fully saturated rings. The Balaban J connectivity index is 1.49. The minimum absolute atomic E-state index is 0.0775. The highest BCUT2D eigenvalue weighted by Gasteiger charge is 2.91. The number of esters is 3. The number of likely N-dealkylation sites (tertiary alicyclic amines) is 1. The number of ether oxygens (including phenoxy) is 6. The smallest absolute Gasteiger partial charge is 0.340 e. The van der Waals surface area contributed by atoms with E-state index in [2.05, 4.69) is 11.8 Å². The summed E-state index contributed by atoms with van der Waals surface area (Å²) in [6.45, 7) is 6.18. The first kappa shape index (κ1) is 30.9. The van der Waals surface area contributed by atoms with Crippen LogP contribution >= 0.6 is 0 Å². The summed E-state index contributed by atoms with van der Waals surface area (Å²) in [6, 6.07) is 6.91. The summed E-state index contributed by atoms with van der Waals surface area (Å²) in [5, 5.41) is 0. The molecule has 0 aromatic heterocycles. The summed E-state index contributed by atoms with van der Waals surface area (Å²) in [5.41, 5.74) is 3.00. The summed E-state index contributed by atoms with van der Waals surface area (Å²) in [4.78, 5) is 42.8. The van der Waals surface area contributed by atoms with Gasteiger partial charge >= 0.3 is 17.9 Å². The predicted molar refractivity (Wildman–Crippen MR) is 161 cm³/mol. The molecule has 1 aliphatic heterocycles. The molecule has 6 aliphatic rings. The van der Waals surface area contributed by atoms with Crippen LogP contribution in [0.25, 0.3) is 0 Å². The number of methoxy groups -OCH3 is 3. The van der Waals surface area contributed by atoms with E-state index in [1.165, 1.54) is 13.8 Å². The Morgan fingerprint density at radius 2 is 1.69 bits per heavy atom. The van der Waals surface area contributed by atoms with Crippen molar-refractivity contribution in [2.45, 2.75) is 94.0 Å². The number of nitrogen functional groups attached to an aromatic ring is 1. The van der Waals surface area contributed by atoms with Crippen LogP contribution in [0, 0.1) is 29.1 Å². The van der Waals surface area contributed by atoms with Crippen LogP contribution < -0.4 is 5.73 Å². The normalized spacial score (nSPS) is 45.6. The van der Waals surface area contributed by atoms with Gasteiger partial charge in [0.25, 0.3) is 0 Å². The maximum Gasteiger partial charge on any atom is 0.340 e. The number of benzene rings is 1. The zero-order valence-electron chi connectivity index (χ0n) is 27.1. The molecule has 1 aromatic rings. The van der Waals surface area contributed by atoms with Crippen molar-refractivity contribution in [1.82, 2.24) is 4.90 Å². The van der Waals surface area contributed by atoms with Gasteiger partial charge in [0.15, 0.2) is 11.2 Å². The Morgan fingerprint density at radius 3 is 2.31 bits per heavy atom. The molecule has 246 valence electrons. The Morgan fingerprint density at radius 1 is 0.956 bits per heavy atom. The molecule has 1 saturated heterocycles. The van der Waals surface area contributed by atoms with Crippen LogP contribution in [0.1, 0.15) is 63.2 Å². The Hall–Kier alpha value is -2.73. The first-order chi connectivity index (χ1) is 21.5. The number of hydrogen-bond acceptors (Lipinski definition) is 11. The molecule has 11 heteroatoms. The van der Waals surface area contributed by atoms with Crippen molar-refractivity contribution in [3.63, 3.8) is 0 Å². The number of fused-ring (bicyclic) bond motifs is 2. The molecule has 0 radical (unpaired) electrons. The van der Waals surface area contributed by atoms with Crippen molar-refractivity contribution < 1.29 is 42.8 Å². The van der Waals surface area contributed by atoms with Crippen molar-refractivity contribution in [2.24, 2.45) is 29.1 Å². The van der Waals surface area contributed by atoms with Crippen molar-refractivity contribution >= 4 is 23.6 Å². The number of hydrogen-bond donors (Lipinski definition) is 1. The molecular weight excluding hydrogens is 580 g/mol. The molecule has 1 heterocycles. The van der Waals surface area contributed by atoms with E-state index in [9.17, 15) is 14.4 Å². The van der Waals surface area contributed by atoms with Crippen LogP contribution in [0.2, 0.25) is 0 Å². The van der Waals surface area contributed by atoms with Crippen LogP contribution in [-0.4, -0.2) is 98.4 Å². The molecule has 5 aliphatic carbocycles. The summed E-state index contributed by atoms with van der Waals surface area (Å²) in [6.07, 6.45) is 1.81. The molecule has 7 bridgehead atoms. The second-order valence-corrected chi connectivity index (χ2v) is 14.2. The number of nitrogens with two attached hydrogens (primary N) is 1. The molecule has 5 saturated carbocycles. The summed E-state index contributed by atoms with van der Waals surface area (Å²) in [5.74, 6) is -2.19. The summed E-state index contributed by atoms with van der Waals surface area (Å²) >= 11 is 0. The van der Waals surface area contributed by atoms with Gasteiger partial charge in [-0.2, -0.15) is 0 Å². The van der Waals surface area contributed by atoms with Gasteiger partial charge in [-0.15, -0.1) is 0 Å². The van der Waals surface area contributed by atoms with E-state index in [1.807, 2.05) is 0 Å². The average molecular weight is 627 g/mol. The lowest BCUT2D eigenvalue weighted by Gasteiger charge is -2.71. The number of carbonyl (C=O) groups is 3. The third-order valence-electron chi connectivity index (χ3n) is 12.9. The highest BCUT2D eigenvalue weighted by atomic mass is 16.6. The highest BCUT2D eigenvalue weighted by Crippen LogP contribution is 2.80. The SMILES string of the molecule is CCN1C[C@]2(OC(=O)c3ccccc3N)CC[C@H](OC)C34C1[C@@H](C[C@@H]32)[C@@]1(OC(C)=O)C[C@H](OC)[C@H]2C[C@@H]4[C@]1(OC(C)=O)[C@H]2OC. The van der Waals surface area contributed by atoms with Crippen LogP contribution in [0.3, 0.4) is 0 Å². The van der Waals surface area contributed by atoms with Crippen LogP contribution in [0.5, 0.6) is 0 Å². The average Bonchev–Trinajstić information content (AvgIpc) is 3.43. The monoisotopic (exact) mass is 626 g/mol. The highest BCUT2D eigenvalue weighted by molar-refractivity contribution is 5.95. The number of para-hydroxylation sites is 1. The van der Waals surface area contributed by atoms with Crippen molar-refractivity contribution in [3.05, 3.63) is 29.8 Å². The summed E-state index contributed by atoms with van der Waals surface area (Å²) in [7, 11) is 5.08. The van der Waals surface area contributed by atoms with E-state index in [0.717, 1.165) is 0 Å². The van der Waals surface area contributed by atoms with Gasteiger partial charge in [0, 0.05) is 89.0 Å². The van der Waals surface area contributed by atoms with E-state index >= 15 is 0 Å². The van der Waals surface area contributed by atoms with Crippen molar-refractivity contribution in [2.75, 3.05) is 40.2 Å². The Kier molecular flexibility index (Phi) is 7.13. The zero-order chi connectivity index (χ0) is 32.1. The lowest BCUT2D eigenvalue weighted by atomic mass is 9.43. The number of likely N-dealkylation sites (N-methyl/N-ethyl adjacent to an activating group) is 1. The molecule has 0 amide bonds. The fourth-order valence-corrected chi connectivity index (χ4v) is 12.2. The lowest BCUT2D eigenvalue weighted by molar-refractivity contribution is -0.341. The number of carbonyl (C=O) groups excluding carboxylic acids is 3.